The van der Waals surface area contributed by atoms with Gasteiger partial charge in [0, 0.05) is 45.5 Å². The second-order valence-corrected chi connectivity index (χ2v) is 6.50. The number of nitrogens with zero attached hydrogens (tertiary/aromatic N) is 4. The molecule has 0 atom stereocenters. The summed E-state index contributed by atoms with van der Waals surface area (Å²) in [4.78, 5) is 24.2. The molecule has 23 heavy (non-hydrogen) atoms. The van der Waals surface area contributed by atoms with Gasteiger partial charge < -0.3 is 14.7 Å². The van der Waals surface area contributed by atoms with E-state index in [0.29, 0.717) is 0 Å². The average molecular weight is 316 g/mol. The van der Waals surface area contributed by atoms with Gasteiger partial charge in [0.15, 0.2) is 0 Å². The van der Waals surface area contributed by atoms with E-state index in [2.05, 4.69) is 21.7 Å². The lowest BCUT2D eigenvalue weighted by molar-refractivity contribution is 0.0643. The molecule has 1 aromatic heterocycles. The highest BCUT2D eigenvalue weighted by atomic mass is 16.2. The van der Waals surface area contributed by atoms with Crippen LogP contribution in [-0.4, -0.2) is 66.5 Å². The highest BCUT2D eigenvalue weighted by Crippen LogP contribution is 2.23. The largest absolute Gasteiger partial charge is 0.356 e. The molecule has 1 amide bonds. The Hall–Kier alpha value is -1.62. The molecule has 0 radical (unpaired) electrons. The fourth-order valence-electron chi connectivity index (χ4n) is 3.54. The van der Waals surface area contributed by atoms with Gasteiger partial charge in [-0.3, -0.25) is 4.79 Å². The molecule has 5 nitrogen and oxygen atoms in total. The molecule has 0 bridgehead atoms. The first kappa shape index (κ1) is 16.2. The summed E-state index contributed by atoms with van der Waals surface area (Å²) in [5.74, 6) is 1.03. The normalized spacial score (nSPS) is 20.4. The van der Waals surface area contributed by atoms with E-state index in [-0.39, 0.29) is 5.91 Å². The number of hydrogen-bond donors (Lipinski definition) is 0. The van der Waals surface area contributed by atoms with Crippen molar-refractivity contribution in [1.29, 1.82) is 0 Å². The van der Waals surface area contributed by atoms with E-state index in [1.54, 1.807) is 0 Å². The highest BCUT2D eigenvalue weighted by molar-refractivity contribution is 5.99. The zero-order chi connectivity index (χ0) is 16.1. The van der Waals surface area contributed by atoms with Crippen LogP contribution in [0.1, 0.15) is 43.0 Å². The van der Waals surface area contributed by atoms with Crippen molar-refractivity contribution in [3.63, 3.8) is 0 Å². The monoisotopic (exact) mass is 316 g/mol. The van der Waals surface area contributed by atoms with E-state index in [1.807, 2.05) is 23.2 Å². The number of piperazine rings is 1. The van der Waals surface area contributed by atoms with E-state index in [0.717, 1.165) is 57.2 Å². The number of likely N-dealkylation sites (N-methyl/N-ethyl adjacent to an activating group) is 1. The maximum absolute atomic E-state index is 13.0. The molecular formula is C18H28N4O. The highest BCUT2D eigenvalue weighted by Gasteiger charge is 2.25. The van der Waals surface area contributed by atoms with Crippen molar-refractivity contribution in [1.82, 2.24) is 14.8 Å². The molecule has 2 fully saturated rings. The Morgan fingerprint density at radius 1 is 1.04 bits per heavy atom. The maximum Gasteiger partial charge on any atom is 0.257 e. The first-order valence-corrected chi connectivity index (χ1v) is 9.01. The summed E-state index contributed by atoms with van der Waals surface area (Å²) in [6.45, 7) is 8.86. The third kappa shape index (κ3) is 3.83. The van der Waals surface area contributed by atoms with Gasteiger partial charge in [-0.05, 0) is 31.5 Å². The van der Waals surface area contributed by atoms with Gasteiger partial charge in [-0.25, -0.2) is 4.98 Å². The number of pyridine rings is 1. The van der Waals surface area contributed by atoms with Crippen molar-refractivity contribution in [2.45, 2.75) is 32.6 Å². The van der Waals surface area contributed by atoms with Gasteiger partial charge in [-0.2, -0.15) is 0 Å². The number of rotatable bonds is 3. The standard InChI is InChI=1S/C18H28N4O/c1-2-20-12-14-22(15-13-20)18(23)16-8-7-9-19-17(16)21-10-5-3-4-6-11-21/h7-9H,2-6,10-15H2,1H3. The topological polar surface area (TPSA) is 39.7 Å². The molecule has 0 saturated carbocycles. The van der Waals surface area contributed by atoms with Crippen LogP contribution < -0.4 is 4.90 Å². The molecule has 1 aromatic rings. The predicted octanol–water partition coefficient (Wildman–Crippen LogP) is 2.24. The molecule has 0 unspecified atom stereocenters. The van der Waals surface area contributed by atoms with Gasteiger partial charge in [-0.1, -0.05) is 19.8 Å². The summed E-state index contributed by atoms with van der Waals surface area (Å²) in [6, 6.07) is 3.83. The lowest BCUT2D eigenvalue weighted by atomic mass is 10.2. The third-order valence-corrected chi connectivity index (χ3v) is 5.03. The summed E-state index contributed by atoms with van der Waals surface area (Å²) >= 11 is 0. The molecule has 3 heterocycles. The van der Waals surface area contributed by atoms with Crippen molar-refractivity contribution in [3.05, 3.63) is 23.9 Å². The number of anilines is 1. The maximum atomic E-state index is 13.0. The van der Waals surface area contributed by atoms with Crippen LogP contribution in [0.15, 0.2) is 18.3 Å². The Morgan fingerprint density at radius 2 is 1.74 bits per heavy atom. The Bertz CT molecular complexity index is 518. The van der Waals surface area contributed by atoms with Gasteiger partial charge in [0.2, 0.25) is 0 Å². The molecule has 2 saturated heterocycles. The molecule has 0 aromatic carbocycles. The van der Waals surface area contributed by atoms with Crippen molar-refractivity contribution in [2.75, 3.05) is 50.7 Å². The minimum atomic E-state index is 0.146. The fourth-order valence-corrected chi connectivity index (χ4v) is 3.54. The molecular weight excluding hydrogens is 288 g/mol. The molecule has 5 heteroatoms. The van der Waals surface area contributed by atoms with Crippen LogP contribution >= 0.6 is 0 Å². The molecule has 2 aliphatic rings. The predicted molar refractivity (Wildman–Crippen MR) is 92.9 cm³/mol. The van der Waals surface area contributed by atoms with Crippen molar-refractivity contribution in [3.8, 4) is 0 Å². The van der Waals surface area contributed by atoms with Crippen LogP contribution in [0.3, 0.4) is 0 Å². The number of hydrogen-bond acceptors (Lipinski definition) is 4. The zero-order valence-corrected chi connectivity index (χ0v) is 14.2. The van der Waals surface area contributed by atoms with E-state index >= 15 is 0 Å². The van der Waals surface area contributed by atoms with E-state index in [9.17, 15) is 4.79 Å². The SMILES string of the molecule is CCN1CCN(C(=O)c2cccnc2N2CCCCCC2)CC1. The molecule has 3 rings (SSSR count). The first-order chi connectivity index (χ1) is 11.3. The van der Waals surface area contributed by atoms with Crippen molar-refractivity contribution in [2.24, 2.45) is 0 Å². The van der Waals surface area contributed by atoms with Crippen LogP contribution in [0.25, 0.3) is 0 Å². The minimum absolute atomic E-state index is 0.146. The summed E-state index contributed by atoms with van der Waals surface area (Å²) < 4.78 is 0. The van der Waals surface area contributed by atoms with Crippen molar-refractivity contribution < 1.29 is 4.79 Å². The molecule has 126 valence electrons. The Morgan fingerprint density at radius 3 is 2.39 bits per heavy atom. The molecule has 0 spiro atoms. The van der Waals surface area contributed by atoms with Gasteiger partial charge in [0.25, 0.3) is 5.91 Å². The second-order valence-electron chi connectivity index (χ2n) is 6.50. The Labute approximate surface area is 139 Å². The van der Waals surface area contributed by atoms with Crippen molar-refractivity contribution >= 4 is 11.7 Å². The summed E-state index contributed by atoms with van der Waals surface area (Å²) in [5.41, 5.74) is 0.777. The lowest BCUT2D eigenvalue weighted by Gasteiger charge is -2.34. The van der Waals surface area contributed by atoms with Gasteiger partial charge >= 0.3 is 0 Å². The van der Waals surface area contributed by atoms with E-state index in [1.165, 1.54) is 25.7 Å². The smallest absolute Gasteiger partial charge is 0.257 e. The second kappa shape index (κ2) is 7.77. The van der Waals surface area contributed by atoms with Gasteiger partial charge in [0.05, 0.1) is 5.56 Å². The Balaban J connectivity index is 1.75. The van der Waals surface area contributed by atoms with Crippen LogP contribution in [0.4, 0.5) is 5.82 Å². The van der Waals surface area contributed by atoms with Crippen LogP contribution in [-0.2, 0) is 0 Å². The summed E-state index contributed by atoms with van der Waals surface area (Å²) in [6.07, 6.45) is 6.77. The van der Waals surface area contributed by atoms with Gasteiger partial charge in [-0.15, -0.1) is 0 Å². The van der Waals surface area contributed by atoms with Crippen LogP contribution in [0.2, 0.25) is 0 Å². The molecule has 2 aliphatic heterocycles. The minimum Gasteiger partial charge on any atom is -0.356 e. The number of carbonyl (C=O) groups is 1. The summed E-state index contributed by atoms with van der Waals surface area (Å²) in [7, 11) is 0. The summed E-state index contributed by atoms with van der Waals surface area (Å²) in [5, 5.41) is 0. The first-order valence-electron chi connectivity index (χ1n) is 9.01. The molecule has 0 N–H and O–H groups in total. The van der Waals surface area contributed by atoms with E-state index in [4.69, 9.17) is 0 Å². The van der Waals surface area contributed by atoms with Gasteiger partial charge in [0.1, 0.15) is 5.82 Å². The fraction of sp³-hybridized carbons (Fsp3) is 0.667. The lowest BCUT2D eigenvalue weighted by Crippen LogP contribution is -2.48. The van der Waals surface area contributed by atoms with E-state index < -0.39 is 0 Å². The molecule has 0 aliphatic carbocycles. The number of carbonyl (C=O) groups excluding carboxylic acids is 1. The Kier molecular flexibility index (Phi) is 5.49. The number of aromatic nitrogens is 1. The van der Waals surface area contributed by atoms with Crippen LogP contribution in [0, 0.1) is 0 Å². The zero-order valence-electron chi connectivity index (χ0n) is 14.2. The van der Waals surface area contributed by atoms with Crippen LogP contribution in [0.5, 0.6) is 0 Å². The quantitative estimate of drug-likeness (QED) is 0.857. The number of amides is 1. The average Bonchev–Trinajstić information content (AvgIpc) is 2.90. The third-order valence-electron chi connectivity index (χ3n) is 5.03.